The number of rotatable bonds is 6. The van der Waals surface area contributed by atoms with Crippen molar-refractivity contribution in [3.8, 4) is 0 Å². The highest BCUT2D eigenvalue weighted by atomic mass is 15.2. The van der Waals surface area contributed by atoms with E-state index in [-0.39, 0.29) is 0 Å². The van der Waals surface area contributed by atoms with Crippen molar-refractivity contribution in [3.63, 3.8) is 0 Å². The highest BCUT2D eigenvalue weighted by Crippen LogP contribution is 2.30. The lowest BCUT2D eigenvalue weighted by atomic mass is 9.84. The van der Waals surface area contributed by atoms with Crippen LogP contribution in [0, 0.1) is 5.92 Å². The minimum absolute atomic E-state index is 0.699. The maximum atomic E-state index is 3.61. The predicted octanol–water partition coefficient (Wildman–Crippen LogP) is 2.18. The molecule has 2 heterocycles. The first kappa shape index (κ1) is 15.3. The summed E-state index contributed by atoms with van der Waals surface area (Å²) in [5.74, 6) is 0.922. The van der Waals surface area contributed by atoms with Gasteiger partial charge in [0.1, 0.15) is 0 Å². The van der Waals surface area contributed by atoms with Gasteiger partial charge < -0.3 is 10.2 Å². The van der Waals surface area contributed by atoms with Gasteiger partial charge in [-0.1, -0.05) is 13.3 Å². The fourth-order valence-electron chi connectivity index (χ4n) is 3.82. The highest BCUT2D eigenvalue weighted by molar-refractivity contribution is 4.90. The van der Waals surface area contributed by atoms with Crippen molar-refractivity contribution in [1.29, 1.82) is 0 Å². The van der Waals surface area contributed by atoms with E-state index in [1.807, 2.05) is 0 Å². The molecule has 0 spiro atoms. The second-order valence-corrected chi connectivity index (χ2v) is 6.64. The average molecular weight is 267 g/mol. The number of fused-ring (bicyclic) bond motifs is 1. The van der Waals surface area contributed by atoms with E-state index in [2.05, 4.69) is 36.0 Å². The molecule has 2 fully saturated rings. The van der Waals surface area contributed by atoms with E-state index in [0.717, 1.165) is 18.5 Å². The van der Waals surface area contributed by atoms with Crippen LogP contribution in [0.4, 0.5) is 0 Å². The molecule has 0 amide bonds. The fraction of sp³-hybridized carbons (Fsp3) is 1.00. The molecule has 2 aliphatic rings. The van der Waals surface area contributed by atoms with Crippen molar-refractivity contribution in [3.05, 3.63) is 0 Å². The fourth-order valence-corrected chi connectivity index (χ4v) is 3.82. The zero-order valence-corrected chi connectivity index (χ0v) is 13.2. The summed E-state index contributed by atoms with van der Waals surface area (Å²) in [7, 11) is 2.32. The Labute approximate surface area is 119 Å². The lowest BCUT2D eigenvalue weighted by Crippen LogP contribution is -2.55. The van der Waals surface area contributed by atoms with Crippen LogP contribution >= 0.6 is 0 Å². The third-order valence-corrected chi connectivity index (χ3v) is 5.15. The van der Waals surface area contributed by atoms with Crippen LogP contribution in [0.3, 0.4) is 0 Å². The molecular weight excluding hydrogens is 234 g/mol. The largest absolute Gasteiger partial charge is 0.315 e. The first-order valence-electron chi connectivity index (χ1n) is 8.37. The van der Waals surface area contributed by atoms with Gasteiger partial charge in [0.2, 0.25) is 0 Å². The molecule has 0 aromatic rings. The zero-order valence-electron chi connectivity index (χ0n) is 13.2. The monoisotopic (exact) mass is 267 g/mol. The van der Waals surface area contributed by atoms with Crippen LogP contribution < -0.4 is 5.32 Å². The topological polar surface area (TPSA) is 18.5 Å². The Bertz CT molecular complexity index is 256. The number of nitrogens with zero attached hydrogens (tertiary/aromatic N) is 2. The van der Waals surface area contributed by atoms with Crippen LogP contribution in [0.5, 0.6) is 0 Å². The van der Waals surface area contributed by atoms with E-state index in [4.69, 9.17) is 0 Å². The highest BCUT2D eigenvalue weighted by Gasteiger charge is 2.35. The van der Waals surface area contributed by atoms with Gasteiger partial charge in [0.15, 0.2) is 0 Å². The lowest BCUT2D eigenvalue weighted by Gasteiger charge is -2.47. The van der Waals surface area contributed by atoms with Crippen LogP contribution in [-0.4, -0.2) is 61.7 Å². The van der Waals surface area contributed by atoms with Crippen LogP contribution in [0.2, 0.25) is 0 Å². The van der Waals surface area contributed by atoms with E-state index < -0.39 is 0 Å². The van der Waals surface area contributed by atoms with Gasteiger partial charge in [-0.05, 0) is 65.2 Å². The van der Waals surface area contributed by atoms with Crippen LogP contribution in [-0.2, 0) is 0 Å². The Kier molecular flexibility index (Phi) is 6.11. The van der Waals surface area contributed by atoms with Crippen LogP contribution in [0.25, 0.3) is 0 Å². The van der Waals surface area contributed by atoms with Gasteiger partial charge in [-0.3, -0.25) is 4.90 Å². The second kappa shape index (κ2) is 7.61. The maximum Gasteiger partial charge on any atom is 0.0192 e. The number of hydrogen-bond donors (Lipinski definition) is 1. The van der Waals surface area contributed by atoms with E-state index in [1.54, 1.807) is 0 Å². The summed E-state index contributed by atoms with van der Waals surface area (Å²) in [4.78, 5) is 5.33. The third-order valence-electron chi connectivity index (χ3n) is 5.15. The van der Waals surface area contributed by atoms with Gasteiger partial charge in [-0.2, -0.15) is 0 Å². The molecule has 2 saturated heterocycles. The summed E-state index contributed by atoms with van der Waals surface area (Å²) in [6.07, 6.45) is 6.82. The normalized spacial score (nSPS) is 31.1. The second-order valence-electron chi connectivity index (χ2n) is 6.64. The number of nitrogens with one attached hydrogen (secondary N) is 1. The molecule has 0 aliphatic carbocycles. The molecule has 0 radical (unpaired) electrons. The summed E-state index contributed by atoms with van der Waals surface area (Å²) in [6.45, 7) is 10.9. The minimum atomic E-state index is 0.699. The Morgan fingerprint density at radius 2 is 2.11 bits per heavy atom. The molecule has 3 unspecified atom stereocenters. The number of piperidine rings is 2. The Balaban J connectivity index is 1.73. The summed E-state index contributed by atoms with van der Waals surface area (Å²) in [6, 6.07) is 1.57. The Morgan fingerprint density at radius 3 is 2.89 bits per heavy atom. The van der Waals surface area contributed by atoms with Crippen molar-refractivity contribution in [2.75, 3.05) is 39.8 Å². The zero-order chi connectivity index (χ0) is 13.7. The Morgan fingerprint density at radius 1 is 1.26 bits per heavy atom. The van der Waals surface area contributed by atoms with Crippen molar-refractivity contribution >= 4 is 0 Å². The molecule has 0 aromatic heterocycles. The smallest absolute Gasteiger partial charge is 0.0192 e. The van der Waals surface area contributed by atoms with Gasteiger partial charge in [-0.15, -0.1) is 0 Å². The summed E-state index contributed by atoms with van der Waals surface area (Å²) in [5, 5.41) is 3.61. The molecule has 112 valence electrons. The average Bonchev–Trinajstić information content (AvgIpc) is 2.43. The van der Waals surface area contributed by atoms with Gasteiger partial charge in [-0.25, -0.2) is 0 Å². The number of likely N-dealkylation sites (tertiary alicyclic amines) is 2. The Hall–Kier alpha value is -0.120. The molecule has 2 aliphatic heterocycles. The lowest BCUT2D eigenvalue weighted by molar-refractivity contribution is 0.0234. The SMILES string of the molecule is CCCCNCC(C)N1CCC2C(CCCN2C)C1. The molecule has 3 heteroatoms. The summed E-state index contributed by atoms with van der Waals surface area (Å²) < 4.78 is 0. The number of unbranched alkanes of at least 4 members (excludes halogenated alkanes) is 1. The van der Waals surface area contributed by atoms with Crippen molar-refractivity contribution in [1.82, 2.24) is 15.1 Å². The summed E-state index contributed by atoms with van der Waals surface area (Å²) in [5.41, 5.74) is 0. The molecule has 2 rings (SSSR count). The molecule has 0 saturated carbocycles. The van der Waals surface area contributed by atoms with Gasteiger partial charge in [0, 0.05) is 25.2 Å². The first-order chi connectivity index (χ1) is 9.22. The van der Waals surface area contributed by atoms with Gasteiger partial charge in [0.25, 0.3) is 0 Å². The molecule has 3 nitrogen and oxygen atoms in total. The molecule has 0 bridgehead atoms. The van der Waals surface area contributed by atoms with Crippen molar-refractivity contribution < 1.29 is 0 Å². The van der Waals surface area contributed by atoms with Crippen molar-refractivity contribution in [2.24, 2.45) is 5.92 Å². The predicted molar refractivity (Wildman–Crippen MR) is 82.6 cm³/mol. The van der Waals surface area contributed by atoms with E-state index >= 15 is 0 Å². The maximum absolute atomic E-state index is 3.61. The van der Waals surface area contributed by atoms with E-state index in [0.29, 0.717) is 6.04 Å². The minimum Gasteiger partial charge on any atom is -0.315 e. The van der Waals surface area contributed by atoms with Crippen molar-refractivity contribution in [2.45, 2.75) is 58.0 Å². The first-order valence-corrected chi connectivity index (χ1v) is 8.37. The van der Waals surface area contributed by atoms with Crippen LogP contribution in [0.1, 0.15) is 46.0 Å². The molecule has 3 atom stereocenters. The van der Waals surface area contributed by atoms with Gasteiger partial charge in [0.05, 0.1) is 0 Å². The standard InChI is InChI=1S/C16H33N3/c1-4-5-9-17-12-14(2)19-11-8-16-15(13-19)7-6-10-18(16)3/h14-17H,4-13H2,1-3H3. The number of hydrogen-bond acceptors (Lipinski definition) is 3. The third kappa shape index (κ3) is 4.17. The quantitative estimate of drug-likeness (QED) is 0.744. The van der Waals surface area contributed by atoms with E-state index in [1.165, 1.54) is 58.3 Å². The van der Waals surface area contributed by atoms with Crippen LogP contribution in [0.15, 0.2) is 0 Å². The molecule has 0 aromatic carbocycles. The molecular formula is C16H33N3. The molecule has 19 heavy (non-hydrogen) atoms. The summed E-state index contributed by atoms with van der Waals surface area (Å²) >= 11 is 0. The van der Waals surface area contributed by atoms with E-state index in [9.17, 15) is 0 Å². The van der Waals surface area contributed by atoms with Gasteiger partial charge >= 0.3 is 0 Å². The molecule has 1 N–H and O–H groups in total.